The molecule has 0 aliphatic carbocycles. The lowest BCUT2D eigenvalue weighted by molar-refractivity contribution is -0.140. The van der Waals surface area contributed by atoms with Gasteiger partial charge in [0.25, 0.3) is 0 Å². The summed E-state index contributed by atoms with van der Waals surface area (Å²) >= 11 is 0. The number of ether oxygens (including phenoxy) is 3. The predicted octanol–water partition coefficient (Wildman–Crippen LogP) is 5.21. The number of carbonyl (C=O) groups excluding carboxylic acids is 2. The Kier molecular flexibility index (Phi) is 10.4. The number of amides is 2. The van der Waals surface area contributed by atoms with Gasteiger partial charge in [0.1, 0.15) is 11.8 Å². The largest absolute Gasteiger partial charge is 0.497 e. The number of benzene rings is 4. The maximum Gasteiger partial charge on any atom is 0.243 e. The van der Waals surface area contributed by atoms with Gasteiger partial charge in [0.15, 0.2) is 11.5 Å². The first kappa shape index (κ1) is 29.2. The van der Waals surface area contributed by atoms with Crippen molar-refractivity contribution in [1.29, 1.82) is 0 Å². The molecule has 0 saturated heterocycles. The van der Waals surface area contributed by atoms with Crippen molar-refractivity contribution in [2.45, 2.75) is 32.0 Å². The maximum absolute atomic E-state index is 14.0. The molecule has 4 aromatic rings. The van der Waals surface area contributed by atoms with Crippen molar-refractivity contribution >= 4 is 11.8 Å². The second-order valence-corrected chi connectivity index (χ2v) is 9.64. The first-order valence-corrected chi connectivity index (χ1v) is 13.5. The third-order valence-corrected chi connectivity index (χ3v) is 6.90. The molecule has 0 bridgehead atoms. The quantitative estimate of drug-likeness (QED) is 0.246. The Labute approximate surface area is 241 Å². The van der Waals surface area contributed by atoms with Crippen molar-refractivity contribution in [3.05, 3.63) is 125 Å². The number of carbonyl (C=O) groups is 2. The summed E-state index contributed by atoms with van der Waals surface area (Å²) in [7, 11) is 4.75. The molecule has 0 fully saturated rings. The van der Waals surface area contributed by atoms with Crippen LogP contribution in [-0.4, -0.2) is 44.1 Å². The average molecular weight is 553 g/mol. The van der Waals surface area contributed by atoms with Crippen molar-refractivity contribution in [2.75, 3.05) is 21.3 Å². The fraction of sp³-hybridized carbons (Fsp3) is 0.235. The fourth-order valence-electron chi connectivity index (χ4n) is 4.65. The SMILES string of the molecule is COc1ccc(CNC(=O)C(Cc2ccccc2)N(Cc2ccccc2)C(=O)Cc2ccc(OC)c(OC)c2)cc1. The van der Waals surface area contributed by atoms with E-state index in [9.17, 15) is 9.59 Å². The molecule has 41 heavy (non-hydrogen) atoms. The Morgan fingerprint density at radius 1 is 0.683 bits per heavy atom. The van der Waals surface area contributed by atoms with Crippen molar-refractivity contribution in [3.8, 4) is 17.2 Å². The Morgan fingerprint density at radius 3 is 1.90 bits per heavy atom. The minimum absolute atomic E-state index is 0.101. The molecule has 0 radical (unpaired) electrons. The molecular formula is C34H36N2O5. The molecule has 1 unspecified atom stereocenters. The molecule has 7 heteroatoms. The van der Waals surface area contributed by atoms with Crippen LogP contribution in [0, 0.1) is 0 Å². The molecular weight excluding hydrogens is 516 g/mol. The molecule has 4 rings (SSSR count). The van der Waals surface area contributed by atoms with Gasteiger partial charge in [-0.05, 0) is 46.5 Å². The zero-order chi connectivity index (χ0) is 29.0. The summed E-state index contributed by atoms with van der Waals surface area (Å²) in [5.74, 6) is 1.50. The van der Waals surface area contributed by atoms with Crippen LogP contribution in [-0.2, 0) is 35.5 Å². The van der Waals surface area contributed by atoms with Crippen molar-refractivity contribution < 1.29 is 23.8 Å². The number of hydrogen-bond acceptors (Lipinski definition) is 5. The molecule has 1 N–H and O–H groups in total. The number of nitrogens with zero attached hydrogens (tertiary/aromatic N) is 1. The second kappa shape index (κ2) is 14.6. The van der Waals surface area contributed by atoms with Crippen molar-refractivity contribution in [3.63, 3.8) is 0 Å². The topological polar surface area (TPSA) is 77.1 Å². The fourth-order valence-corrected chi connectivity index (χ4v) is 4.65. The van der Waals surface area contributed by atoms with E-state index in [0.717, 1.165) is 28.0 Å². The summed E-state index contributed by atoms with van der Waals surface area (Å²) in [4.78, 5) is 29.5. The number of hydrogen-bond donors (Lipinski definition) is 1. The third kappa shape index (κ3) is 8.11. The summed E-state index contributed by atoms with van der Waals surface area (Å²) in [6, 6.07) is 31.7. The van der Waals surface area contributed by atoms with Crippen LogP contribution in [0.15, 0.2) is 103 Å². The van der Waals surface area contributed by atoms with E-state index in [2.05, 4.69) is 5.32 Å². The van der Waals surface area contributed by atoms with Crippen LogP contribution in [0.1, 0.15) is 22.3 Å². The van der Waals surface area contributed by atoms with E-state index in [1.807, 2.05) is 91.0 Å². The molecule has 1 atom stereocenters. The number of methoxy groups -OCH3 is 3. The van der Waals surface area contributed by atoms with Crippen LogP contribution in [0.3, 0.4) is 0 Å². The maximum atomic E-state index is 14.0. The predicted molar refractivity (Wildman–Crippen MR) is 159 cm³/mol. The zero-order valence-corrected chi connectivity index (χ0v) is 23.7. The van der Waals surface area contributed by atoms with Crippen LogP contribution in [0.25, 0.3) is 0 Å². The highest BCUT2D eigenvalue weighted by Gasteiger charge is 2.30. The molecule has 0 aliphatic rings. The standard InChI is InChI=1S/C34H36N2O5/c1-39-29-17-14-26(15-18-29)23-35-34(38)30(20-25-10-6-4-7-11-25)36(24-27-12-8-5-9-13-27)33(37)22-28-16-19-31(40-2)32(21-28)41-3/h4-19,21,30H,20,22-24H2,1-3H3,(H,35,38). The van der Waals surface area contributed by atoms with E-state index >= 15 is 0 Å². The molecule has 0 aliphatic heterocycles. The van der Waals surface area contributed by atoms with Gasteiger partial charge in [0.2, 0.25) is 11.8 Å². The van der Waals surface area contributed by atoms with Gasteiger partial charge in [-0.3, -0.25) is 9.59 Å². The van der Waals surface area contributed by atoms with E-state index in [1.165, 1.54) is 0 Å². The van der Waals surface area contributed by atoms with Crippen molar-refractivity contribution in [2.24, 2.45) is 0 Å². The smallest absolute Gasteiger partial charge is 0.243 e. The highest BCUT2D eigenvalue weighted by atomic mass is 16.5. The first-order chi connectivity index (χ1) is 20.0. The van der Waals surface area contributed by atoms with E-state index in [0.29, 0.717) is 31.0 Å². The van der Waals surface area contributed by atoms with Crippen LogP contribution < -0.4 is 19.5 Å². The Balaban J connectivity index is 1.63. The summed E-state index contributed by atoms with van der Waals surface area (Å²) in [6.07, 6.45) is 0.476. The van der Waals surface area contributed by atoms with Gasteiger partial charge in [-0.2, -0.15) is 0 Å². The van der Waals surface area contributed by atoms with Gasteiger partial charge >= 0.3 is 0 Å². The molecule has 0 saturated carbocycles. The van der Waals surface area contributed by atoms with Crippen LogP contribution >= 0.6 is 0 Å². The molecule has 0 aromatic heterocycles. The van der Waals surface area contributed by atoms with Gasteiger partial charge in [0.05, 0.1) is 27.8 Å². The van der Waals surface area contributed by atoms with Gasteiger partial charge < -0.3 is 24.4 Å². The lowest BCUT2D eigenvalue weighted by Gasteiger charge is -2.32. The van der Waals surface area contributed by atoms with E-state index in [1.54, 1.807) is 38.4 Å². The summed E-state index contributed by atoms with van der Waals surface area (Å²) in [6.45, 7) is 0.623. The van der Waals surface area contributed by atoms with Crippen LogP contribution in [0.4, 0.5) is 0 Å². The molecule has 0 heterocycles. The second-order valence-electron chi connectivity index (χ2n) is 9.64. The Morgan fingerprint density at radius 2 is 1.29 bits per heavy atom. The first-order valence-electron chi connectivity index (χ1n) is 13.5. The van der Waals surface area contributed by atoms with Gasteiger partial charge in [-0.25, -0.2) is 0 Å². The van der Waals surface area contributed by atoms with E-state index in [4.69, 9.17) is 14.2 Å². The minimum Gasteiger partial charge on any atom is -0.497 e. The van der Waals surface area contributed by atoms with Gasteiger partial charge in [-0.1, -0.05) is 78.9 Å². The molecule has 4 aromatic carbocycles. The lowest BCUT2D eigenvalue weighted by Crippen LogP contribution is -2.50. The Bertz CT molecular complexity index is 1410. The number of rotatable bonds is 13. The van der Waals surface area contributed by atoms with Gasteiger partial charge in [-0.15, -0.1) is 0 Å². The third-order valence-electron chi connectivity index (χ3n) is 6.90. The van der Waals surface area contributed by atoms with Crippen LogP contribution in [0.2, 0.25) is 0 Å². The summed E-state index contributed by atoms with van der Waals surface area (Å²) in [5, 5.41) is 3.06. The van der Waals surface area contributed by atoms with Crippen LogP contribution in [0.5, 0.6) is 17.2 Å². The summed E-state index contributed by atoms with van der Waals surface area (Å²) < 4.78 is 16.0. The minimum atomic E-state index is -0.733. The molecule has 0 spiro atoms. The lowest BCUT2D eigenvalue weighted by atomic mass is 10.0. The molecule has 212 valence electrons. The normalized spacial score (nSPS) is 11.3. The highest BCUT2D eigenvalue weighted by molar-refractivity contribution is 5.89. The monoisotopic (exact) mass is 552 g/mol. The molecule has 7 nitrogen and oxygen atoms in total. The number of nitrogens with one attached hydrogen (secondary N) is 1. The zero-order valence-electron chi connectivity index (χ0n) is 23.7. The van der Waals surface area contributed by atoms with Gasteiger partial charge in [0, 0.05) is 19.5 Å². The molecule has 2 amide bonds. The summed E-state index contributed by atoms with van der Waals surface area (Å²) in [5.41, 5.74) is 3.61. The highest BCUT2D eigenvalue weighted by Crippen LogP contribution is 2.28. The Hall–Kier alpha value is -4.78. The average Bonchev–Trinajstić information content (AvgIpc) is 3.02. The van der Waals surface area contributed by atoms with E-state index in [-0.39, 0.29) is 18.2 Å². The van der Waals surface area contributed by atoms with E-state index < -0.39 is 6.04 Å². The van der Waals surface area contributed by atoms with Crippen molar-refractivity contribution in [1.82, 2.24) is 10.2 Å².